The Morgan fingerprint density at radius 3 is 2.65 bits per heavy atom. The second kappa shape index (κ2) is 9.76. The zero-order valence-corrected chi connectivity index (χ0v) is 20.0. The van der Waals surface area contributed by atoms with E-state index in [-0.39, 0.29) is 11.7 Å². The third kappa shape index (κ3) is 5.06. The summed E-state index contributed by atoms with van der Waals surface area (Å²) in [4.78, 5) is 18.3. The molecule has 0 saturated carbocycles. The monoisotopic (exact) mass is 469 g/mol. The van der Waals surface area contributed by atoms with E-state index in [1.165, 1.54) is 28.0 Å². The number of anilines is 1. The first-order valence-corrected chi connectivity index (χ1v) is 12.7. The number of hydrogen-bond donors (Lipinski definition) is 1. The van der Waals surface area contributed by atoms with Crippen molar-refractivity contribution in [2.24, 2.45) is 0 Å². The summed E-state index contributed by atoms with van der Waals surface area (Å²) in [5.41, 5.74) is 2.97. The van der Waals surface area contributed by atoms with Crippen molar-refractivity contribution in [2.45, 2.75) is 38.4 Å². The molecule has 0 aliphatic heterocycles. The Kier molecular flexibility index (Phi) is 6.84. The maximum Gasteiger partial charge on any atom is 0.236 e. The summed E-state index contributed by atoms with van der Waals surface area (Å²) >= 11 is 4.55. The molecule has 0 aliphatic rings. The molecule has 0 bridgehead atoms. The van der Waals surface area contributed by atoms with E-state index in [1.54, 1.807) is 11.3 Å². The molecule has 0 atom stereocenters. The summed E-state index contributed by atoms with van der Waals surface area (Å²) in [5, 5.41) is 17.0. The van der Waals surface area contributed by atoms with E-state index in [1.807, 2.05) is 35.7 Å². The van der Waals surface area contributed by atoms with Crippen molar-refractivity contribution in [2.75, 3.05) is 11.1 Å². The minimum absolute atomic E-state index is 0.108. The van der Waals surface area contributed by atoms with Crippen LogP contribution in [0.4, 0.5) is 5.13 Å². The van der Waals surface area contributed by atoms with Gasteiger partial charge >= 0.3 is 0 Å². The van der Waals surface area contributed by atoms with Crippen molar-refractivity contribution in [3.8, 4) is 22.6 Å². The van der Waals surface area contributed by atoms with Gasteiger partial charge < -0.3 is 9.88 Å². The van der Waals surface area contributed by atoms with Crippen LogP contribution < -0.4 is 5.32 Å². The third-order valence-corrected chi connectivity index (χ3v) is 7.59. The second-order valence-electron chi connectivity index (χ2n) is 7.18. The van der Waals surface area contributed by atoms with Gasteiger partial charge in [0, 0.05) is 33.3 Å². The van der Waals surface area contributed by atoms with Crippen LogP contribution in [-0.4, -0.2) is 31.4 Å². The molecular formula is C22H23N5OS3. The Labute approximate surface area is 193 Å². The van der Waals surface area contributed by atoms with Crippen molar-refractivity contribution >= 4 is 45.5 Å². The lowest BCUT2D eigenvalue weighted by Gasteiger charge is -2.06. The van der Waals surface area contributed by atoms with Gasteiger partial charge in [0.05, 0.1) is 11.4 Å². The summed E-state index contributed by atoms with van der Waals surface area (Å²) < 4.78 is 2.06. The number of hydrogen-bond acceptors (Lipinski definition) is 7. The lowest BCUT2D eigenvalue weighted by molar-refractivity contribution is -0.113. The van der Waals surface area contributed by atoms with Crippen molar-refractivity contribution < 1.29 is 4.79 Å². The highest BCUT2D eigenvalue weighted by atomic mass is 32.2. The predicted molar refractivity (Wildman–Crippen MR) is 130 cm³/mol. The van der Waals surface area contributed by atoms with Gasteiger partial charge in [-0.25, -0.2) is 4.98 Å². The number of amides is 1. The summed E-state index contributed by atoms with van der Waals surface area (Å²) in [7, 11) is 0. The first kappa shape index (κ1) is 21.7. The van der Waals surface area contributed by atoms with Crippen LogP contribution >= 0.6 is 34.4 Å². The van der Waals surface area contributed by atoms with Gasteiger partial charge in [0.1, 0.15) is 0 Å². The van der Waals surface area contributed by atoms with E-state index in [4.69, 9.17) is 0 Å². The van der Waals surface area contributed by atoms with Crippen LogP contribution in [0.3, 0.4) is 0 Å². The van der Waals surface area contributed by atoms with E-state index in [9.17, 15) is 4.79 Å². The minimum atomic E-state index is -0.108. The zero-order chi connectivity index (χ0) is 21.8. The van der Waals surface area contributed by atoms with Crippen molar-refractivity contribution in [1.29, 1.82) is 0 Å². The fraction of sp³-hybridized carbons (Fsp3) is 0.273. The maximum atomic E-state index is 12.5. The summed E-state index contributed by atoms with van der Waals surface area (Å²) in [6.07, 6.45) is 0. The molecule has 1 N–H and O–H groups in total. The average Bonchev–Trinajstić information content (AvgIpc) is 3.51. The fourth-order valence-electron chi connectivity index (χ4n) is 3.03. The minimum Gasteiger partial charge on any atom is -0.302 e. The van der Waals surface area contributed by atoms with Gasteiger partial charge in [-0.05, 0) is 18.9 Å². The Balaban J connectivity index is 1.39. The van der Waals surface area contributed by atoms with Gasteiger partial charge in [-0.3, -0.25) is 4.79 Å². The van der Waals surface area contributed by atoms with Gasteiger partial charge in [-0.15, -0.1) is 32.9 Å². The first-order chi connectivity index (χ1) is 15.0. The average molecular weight is 470 g/mol. The van der Waals surface area contributed by atoms with Crippen molar-refractivity contribution in [3.05, 3.63) is 52.0 Å². The largest absolute Gasteiger partial charge is 0.302 e. The molecule has 0 fully saturated rings. The number of thiophene rings is 1. The molecule has 0 aliphatic carbocycles. The number of carbonyl (C=O) groups excluding carboxylic acids is 1. The van der Waals surface area contributed by atoms with Crippen LogP contribution in [0.2, 0.25) is 0 Å². The molecule has 31 heavy (non-hydrogen) atoms. The van der Waals surface area contributed by atoms with Crippen LogP contribution in [0.25, 0.3) is 22.6 Å². The molecule has 0 spiro atoms. The molecule has 4 rings (SSSR count). The van der Waals surface area contributed by atoms with Crippen LogP contribution in [0.5, 0.6) is 0 Å². The molecule has 1 amide bonds. The lowest BCUT2D eigenvalue weighted by Crippen LogP contribution is -2.14. The second-order valence-corrected chi connectivity index (χ2v) is 9.93. The number of nitrogens with one attached hydrogen (secondary N) is 1. The molecule has 0 unspecified atom stereocenters. The highest BCUT2D eigenvalue weighted by Gasteiger charge is 2.17. The fourth-order valence-corrected chi connectivity index (χ4v) is 5.47. The van der Waals surface area contributed by atoms with Crippen molar-refractivity contribution in [3.63, 3.8) is 0 Å². The Hall–Kier alpha value is -2.49. The van der Waals surface area contributed by atoms with E-state index >= 15 is 0 Å². The van der Waals surface area contributed by atoms with Crippen LogP contribution in [0.1, 0.15) is 31.6 Å². The van der Waals surface area contributed by atoms with Gasteiger partial charge in [-0.2, -0.15) is 0 Å². The number of carbonyl (C=O) groups is 1. The molecule has 4 aromatic rings. The number of benzene rings is 1. The number of nitrogens with zero attached hydrogens (tertiary/aromatic N) is 4. The van der Waals surface area contributed by atoms with E-state index in [0.717, 1.165) is 34.3 Å². The molecule has 1 aromatic carbocycles. The van der Waals surface area contributed by atoms with Crippen LogP contribution in [-0.2, 0) is 11.3 Å². The van der Waals surface area contributed by atoms with Crippen molar-refractivity contribution in [1.82, 2.24) is 19.7 Å². The van der Waals surface area contributed by atoms with Gasteiger partial charge in [0.2, 0.25) is 5.91 Å². The Bertz CT molecular complexity index is 1160. The smallest absolute Gasteiger partial charge is 0.236 e. The third-order valence-electron chi connectivity index (χ3n) is 4.63. The highest BCUT2D eigenvalue weighted by molar-refractivity contribution is 7.99. The SMILES string of the molecule is CCn1c(SCC(=O)Nc2nc(-c3ccccc3)cs2)nnc1-c1csc(C(C)C)c1. The molecule has 3 heterocycles. The molecule has 9 heteroatoms. The van der Waals surface area contributed by atoms with E-state index in [2.05, 4.69) is 57.3 Å². The van der Waals surface area contributed by atoms with Gasteiger partial charge in [-0.1, -0.05) is 55.9 Å². The summed E-state index contributed by atoms with van der Waals surface area (Å²) in [5.74, 6) is 1.48. The molecule has 6 nitrogen and oxygen atoms in total. The van der Waals surface area contributed by atoms with Crippen LogP contribution in [0.15, 0.2) is 52.3 Å². The lowest BCUT2D eigenvalue weighted by atomic mass is 10.1. The predicted octanol–water partition coefficient (Wildman–Crippen LogP) is 6.00. The summed E-state index contributed by atoms with van der Waals surface area (Å²) in [6.45, 7) is 7.18. The number of aromatic nitrogens is 4. The Morgan fingerprint density at radius 1 is 1.13 bits per heavy atom. The van der Waals surface area contributed by atoms with E-state index in [0.29, 0.717) is 11.0 Å². The standard InChI is InChI=1S/C22H23N5OS3/c1-4-27-20(16-10-18(14(2)3)29-11-16)25-26-22(27)31-13-19(28)24-21-23-17(12-30-21)15-8-6-5-7-9-15/h5-12,14H,4,13H2,1-3H3,(H,23,24,28). The molecule has 3 aromatic heterocycles. The van der Waals surface area contributed by atoms with E-state index < -0.39 is 0 Å². The molecule has 0 saturated heterocycles. The summed E-state index contributed by atoms with van der Waals surface area (Å²) in [6, 6.07) is 12.1. The maximum absolute atomic E-state index is 12.5. The number of thiazole rings is 1. The zero-order valence-electron chi connectivity index (χ0n) is 17.5. The number of thioether (sulfide) groups is 1. The molecule has 160 valence electrons. The van der Waals surface area contributed by atoms with Crippen LogP contribution in [0, 0.1) is 0 Å². The Morgan fingerprint density at radius 2 is 1.94 bits per heavy atom. The normalized spacial score (nSPS) is 11.2. The molecule has 0 radical (unpaired) electrons. The van der Waals surface area contributed by atoms with Gasteiger partial charge in [0.25, 0.3) is 0 Å². The first-order valence-electron chi connectivity index (χ1n) is 10.0. The highest BCUT2D eigenvalue weighted by Crippen LogP contribution is 2.31. The quantitative estimate of drug-likeness (QED) is 0.320. The molecular weight excluding hydrogens is 446 g/mol. The topological polar surface area (TPSA) is 72.7 Å². The number of rotatable bonds is 8. The van der Waals surface area contributed by atoms with Gasteiger partial charge in [0.15, 0.2) is 16.1 Å².